The van der Waals surface area contributed by atoms with E-state index >= 15 is 0 Å². The highest BCUT2D eigenvalue weighted by Gasteiger charge is 2.35. The van der Waals surface area contributed by atoms with Crippen LogP contribution in [-0.2, 0) is 4.79 Å². The minimum absolute atomic E-state index is 0.0885. The van der Waals surface area contributed by atoms with Crippen LogP contribution >= 0.6 is 0 Å². The number of benzene rings is 1. The Kier molecular flexibility index (Phi) is 3.76. The fraction of sp³-hybridized carbons (Fsp3) is 0.222. The summed E-state index contributed by atoms with van der Waals surface area (Å²) in [5.74, 6) is 0.215. The summed E-state index contributed by atoms with van der Waals surface area (Å²) in [6.07, 6.45) is 3.57. The van der Waals surface area contributed by atoms with E-state index in [4.69, 9.17) is 4.52 Å². The van der Waals surface area contributed by atoms with Gasteiger partial charge in [-0.25, -0.2) is 4.39 Å². The second-order valence-corrected chi connectivity index (χ2v) is 6.04. The zero-order valence-corrected chi connectivity index (χ0v) is 13.5. The van der Waals surface area contributed by atoms with Crippen LogP contribution in [0.1, 0.15) is 23.8 Å². The van der Waals surface area contributed by atoms with Crippen LogP contribution in [0.25, 0.3) is 11.4 Å². The SMILES string of the molecule is Cc1ccc(N2C[C@H](c3nc(-c4cccnc4)no3)CC2=O)cc1F. The lowest BCUT2D eigenvalue weighted by molar-refractivity contribution is -0.117. The largest absolute Gasteiger partial charge is 0.339 e. The molecule has 25 heavy (non-hydrogen) atoms. The number of amides is 1. The summed E-state index contributed by atoms with van der Waals surface area (Å²) in [7, 11) is 0. The number of pyridine rings is 1. The summed E-state index contributed by atoms with van der Waals surface area (Å²) >= 11 is 0. The number of carbonyl (C=O) groups is 1. The lowest BCUT2D eigenvalue weighted by atomic mass is 10.1. The Morgan fingerprint density at radius 3 is 2.96 bits per heavy atom. The molecule has 0 bridgehead atoms. The molecule has 1 atom stereocenters. The molecule has 2 aromatic heterocycles. The van der Waals surface area contributed by atoms with Crippen LogP contribution in [0.5, 0.6) is 0 Å². The summed E-state index contributed by atoms with van der Waals surface area (Å²) in [6, 6.07) is 8.41. The van der Waals surface area contributed by atoms with Gasteiger partial charge in [-0.2, -0.15) is 4.98 Å². The lowest BCUT2D eigenvalue weighted by Gasteiger charge is -2.16. The average Bonchev–Trinajstić information content (AvgIpc) is 3.25. The quantitative estimate of drug-likeness (QED) is 0.734. The first-order chi connectivity index (χ1) is 12.1. The van der Waals surface area contributed by atoms with Gasteiger partial charge in [0, 0.05) is 36.6 Å². The number of carbonyl (C=O) groups excluding carboxylic acids is 1. The first-order valence-electron chi connectivity index (χ1n) is 7.92. The fourth-order valence-electron chi connectivity index (χ4n) is 2.89. The smallest absolute Gasteiger partial charge is 0.232 e. The molecule has 3 aromatic rings. The molecule has 0 saturated carbocycles. The van der Waals surface area contributed by atoms with Crippen LogP contribution in [0.3, 0.4) is 0 Å². The topological polar surface area (TPSA) is 72.1 Å². The van der Waals surface area contributed by atoms with Gasteiger partial charge in [0.25, 0.3) is 0 Å². The minimum Gasteiger partial charge on any atom is -0.339 e. The molecule has 0 N–H and O–H groups in total. The van der Waals surface area contributed by atoms with Gasteiger partial charge in [-0.15, -0.1) is 0 Å². The molecule has 4 rings (SSSR count). The molecule has 1 aliphatic heterocycles. The van der Waals surface area contributed by atoms with Crippen molar-refractivity contribution >= 4 is 11.6 Å². The number of anilines is 1. The third kappa shape index (κ3) is 2.88. The highest BCUT2D eigenvalue weighted by Crippen LogP contribution is 2.32. The molecule has 0 unspecified atom stereocenters. The summed E-state index contributed by atoms with van der Waals surface area (Å²) in [5.41, 5.74) is 1.84. The molecule has 0 radical (unpaired) electrons. The number of hydrogen-bond acceptors (Lipinski definition) is 5. The van der Waals surface area contributed by atoms with Crippen molar-refractivity contribution in [2.75, 3.05) is 11.4 Å². The fourth-order valence-corrected chi connectivity index (χ4v) is 2.89. The summed E-state index contributed by atoms with van der Waals surface area (Å²) in [4.78, 5) is 22.3. The van der Waals surface area contributed by atoms with E-state index < -0.39 is 0 Å². The zero-order chi connectivity index (χ0) is 17.4. The van der Waals surface area contributed by atoms with E-state index in [0.717, 1.165) is 5.56 Å². The van der Waals surface area contributed by atoms with Crippen molar-refractivity contribution in [3.05, 3.63) is 60.0 Å². The Morgan fingerprint density at radius 2 is 2.20 bits per heavy atom. The highest BCUT2D eigenvalue weighted by molar-refractivity contribution is 5.96. The molecule has 1 fully saturated rings. The number of hydrogen-bond donors (Lipinski definition) is 0. The minimum atomic E-state index is -0.328. The second kappa shape index (κ2) is 6.08. The molecule has 1 aliphatic rings. The van der Waals surface area contributed by atoms with Crippen LogP contribution in [0.4, 0.5) is 10.1 Å². The maximum atomic E-state index is 13.8. The van der Waals surface area contributed by atoms with Crippen LogP contribution in [0.2, 0.25) is 0 Å². The third-order valence-electron chi connectivity index (χ3n) is 4.30. The molecular weight excluding hydrogens is 323 g/mol. The van der Waals surface area contributed by atoms with E-state index in [2.05, 4.69) is 15.1 Å². The van der Waals surface area contributed by atoms with Gasteiger partial charge in [0.2, 0.25) is 17.6 Å². The Hall–Kier alpha value is -3.09. The van der Waals surface area contributed by atoms with Crippen molar-refractivity contribution in [2.24, 2.45) is 0 Å². The van der Waals surface area contributed by atoms with Gasteiger partial charge >= 0.3 is 0 Å². The van der Waals surface area contributed by atoms with E-state index in [1.807, 2.05) is 6.07 Å². The van der Waals surface area contributed by atoms with Gasteiger partial charge in [0.1, 0.15) is 5.82 Å². The predicted molar refractivity (Wildman–Crippen MR) is 88.4 cm³/mol. The molecule has 0 aliphatic carbocycles. The number of rotatable bonds is 3. The first-order valence-corrected chi connectivity index (χ1v) is 7.92. The molecule has 126 valence electrons. The Morgan fingerprint density at radius 1 is 1.32 bits per heavy atom. The number of aryl methyl sites for hydroxylation is 1. The first kappa shape index (κ1) is 15.4. The number of halogens is 1. The highest BCUT2D eigenvalue weighted by atomic mass is 19.1. The van der Waals surface area contributed by atoms with E-state index in [0.29, 0.717) is 29.5 Å². The van der Waals surface area contributed by atoms with Gasteiger partial charge < -0.3 is 9.42 Å². The van der Waals surface area contributed by atoms with E-state index in [-0.39, 0.29) is 24.1 Å². The van der Waals surface area contributed by atoms with Crippen molar-refractivity contribution in [1.82, 2.24) is 15.1 Å². The summed E-state index contributed by atoms with van der Waals surface area (Å²) in [6.45, 7) is 2.07. The van der Waals surface area contributed by atoms with Crippen molar-refractivity contribution in [3.8, 4) is 11.4 Å². The zero-order valence-electron chi connectivity index (χ0n) is 13.5. The molecule has 0 spiro atoms. The van der Waals surface area contributed by atoms with E-state index in [1.54, 1.807) is 42.4 Å². The molecule has 3 heterocycles. The van der Waals surface area contributed by atoms with E-state index in [1.165, 1.54) is 6.07 Å². The van der Waals surface area contributed by atoms with E-state index in [9.17, 15) is 9.18 Å². The van der Waals surface area contributed by atoms with Crippen molar-refractivity contribution in [3.63, 3.8) is 0 Å². The third-order valence-corrected chi connectivity index (χ3v) is 4.30. The molecule has 7 heteroatoms. The van der Waals surface area contributed by atoms with Crippen molar-refractivity contribution in [1.29, 1.82) is 0 Å². The number of nitrogens with zero attached hydrogens (tertiary/aromatic N) is 4. The number of aromatic nitrogens is 3. The van der Waals surface area contributed by atoms with Crippen LogP contribution < -0.4 is 4.90 Å². The summed E-state index contributed by atoms with van der Waals surface area (Å²) in [5, 5.41) is 3.96. The average molecular weight is 338 g/mol. The molecular formula is C18H15FN4O2. The Labute approximate surface area is 143 Å². The Bertz CT molecular complexity index is 926. The van der Waals surface area contributed by atoms with Gasteiger partial charge in [-0.05, 0) is 36.8 Å². The molecule has 1 aromatic carbocycles. The predicted octanol–water partition coefficient (Wildman–Crippen LogP) is 3.10. The second-order valence-electron chi connectivity index (χ2n) is 6.04. The maximum Gasteiger partial charge on any atom is 0.232 e. The lowest BCUT2D eigenvalue weighted by Crippen LogP contribution is -2.24. The van der Waals surface area contributed by atoms with Crippen LogP contribution in [0.15, 0.2) is 47.2 Å². The molecule has 1 saturated heterocycles. The van der Waals surface area contributed by atoms with Crippen LogP contribution in [0, 0.1) is 12.7 Å². The maximum absolute atomic E-state index is 13.8. The Balaban J connectivity index is 1.56. The van der Waals surface area contributed by atoms with Crippen molar-refractivity contribution < 1.29 is 13.7 Å². The van der Waals surface area contributed by atoms with Gasteiger partial charge in [-0.3, -0.25) is 9.78 Å². The normalized spacial score (nSPS) is 17.3. The summed E-state index contributed by atoms with van der Waals surface area (Å²) < 4.78 is 19.1. The van der Waals surface area contributed by atoms with Gasteiger partial charge in [-0.1, -0.05) is 11.2 Å². The van der Waals surface area contributed by atoms with Crippen LogP contribution in [-0.4, -0.2) is 27.6 Å². The van der Waals surface area contributed by atoms with Crippen molar-refractivity contribution in [2.45, 2.75) is 19.3 Å². The standard InChI is InChI=1S/C18H15FN4O2/c1-11-4-5-14(8-15(11)19)23-10-13(7-16(23)24)18-21-17(22-25-18)12-3-2-6-20-9-12/h2-6,8-9,13H,7,10H2,1H3/t13-/m1/s1. The van der Waals surface area contributed by atoms with Gasteiger partial charge in [0.05, 0.1) is 5.92 Å². The molecule has 6 nitrogen and oxygen atoms in total. The van der Waals surface area contributed by atoms with Gasteiger partial charge in [0.15, 0.2) is 0 Å². The monoisotopic (exact) mass is 338 g/mol. The molecule has 1 amide bonds.